The molecule has 1 N–H and O–H groups in total. The number of nitrogens with zero attached hydrogens (tertiary/aromatic N) is 1. The maximum absolute atomic E-state index is 12.3. The van der Waals surface area contributed by atoms with Crippen LogP contribution in [0.1, 0.15) is 30.9 Å². The van der Waals surface area contributed by atoms with E-state index in [0.717, 1.165) is 56.1 Å². The molecule has 0 saturated carbocycles. The molecule has 1 aliphatic rings. The first-order valence-electron chi connectivity index (χ1n) is 8.91. The van der Waals surface area contributed by atoms with Crippen molar-refractivity contribution < 1.29 is 14.3 Å². The van der Waals surface area contributed by atoms with Crippen LogP contribution in [0.15, 0.2) is 18.2 Å². The Balaban J connectivity index is 1.74. The lowest BCUT2D eigenvalue weighted by molar-refractivity contribution is -0.128. The summed E-state index contributed by atoms with van der Waals surface area (Å²) in [4.78, 5) is 14.7. The number of hydrogen-bond donors (Lipinski definition) is 1. The Hall–Kier alpha value is -1.59. The van der Waals surface area contributed by atoms with Gasteiger partial charge in [-0.25, -0.2) is 0 Å². The van der Waals surface area contributed by atoms with E-state index in [-0.39, 0.29) is 5.91 Å². The van der Waals surface area contributed by atoms with Gasteiger partial charge >= 0.3 is 0 Å². The van der Waals surface area contributed by atoms with Gasteiger partial charge in [0, 0.05) is 19.6 Å². The molecular formula is C19H30N2O3. The molecule has 5 nitrogen and oxygen atoms in total. The van der Waals surface area contributed by atoms with Crippen LogP contribution >= 0.6 is 0 Å². The molecule has 1 aromatic carbocycles. The zero-order valence-electron chi connectivity index (χ0n) is 15.1. The molecule has 0 aliphatic carbocycles. The number of rotatable bonds is 8. The number of hydrogen-bond acceptors (Lipinski definition) is 4. The lowest BCUT2D eigenvalue weighted by atomic mass is 10.1. The first kappa shape index (κ1) is 18.7. The van der Waals surface area contributed by atoms with Gasteiger partial charge in [0.25, 0.3) is 5.91 Å². The van der Waals surface area contributed by atoms with Gasteiger partial charge in [0.05, 0.1) is 13.2 Å². The molecular weight excluding hydrogens is 304 g/mol. The van der Waals surface area contributed by atoms with Gasteiger partial charge in [0.1, 0.15) is 5.75 Å². The molecule has 5 heteroatoms. The summed E-state index contributed by atoms with van der Waals surface area (Å²) >= 11 is 0. The standard InChI is InChI=1S/C19H30N2O3/c1-4-18(24-17-13-15(2)12-16(3)14-17)19(22)20-6-5-7-21-8-10-23-11-9-21/h12-14,18H,4-11H2,1-3H3,(H,20,22)/t18-/m0/s1. The van der Waals surface area contributed by atoms with Crippen LogP contribution in [0.5, 0.6) is 5.75 Å². The minimum atomic E-state index is -0.436. The van der Waals surface area contributed by atoms with Crippen molar-refractivity contribution in [3.05, 3.63) is 29.3 Å². The van der Waals surface area contributed by atoms with E-state index in [4.69, 9.17) is 9.47 Å². The van der Waals surface area contributed by atoms with Crippen LogP contribution in [-0.2, 0) is 9.53 Å². The fourth-order valence-electron chi connectivity index (χ4n) is 2.94. The fraction of sp³-hybridized carbons (Fsp3) is 0.632. The summed E-state index contributed by atoms with van der Waals surface area (Å²) in [5, 5.41) is 3.00. The highest BCUT2D eigenvalue weighted by molar-refractivity contribution is 5.81. The Bertz CT molecular complexity index is 507. The van der Waals surface area contributed by atoms with Crippen LogP contribution in [0.3, 0.4) is 0 Å². The number of amides is 1. The molecule has 0 aromatic heterocycles. The molecule has 0 unspecified atom stereocenters. The first-order valence-corrected chi connectivity index (χ1v) is 8.91. The summed E-state index contributed by atoms with van der Waals surface area (Å²) in [7, 11) is 0. The molecule has 1 fully saturated rings. The third kappa shape index (κ3) is 6.13. The second kappa shape index (κ2) is 9.64. The number of ether oxygens (including phenoxy) is 2. The van der Waals surface area contributed by atoms with Gasteiger partial charge in [-0.05, 0) is 56.5 Å². The van der Waals surface area contributed by atoms with Crippen molar-refractivity contribution in [2.75, 3.05) is 39.4 Å². The Morgan fingerprint density at radius 1 is 1.25 bits per heavy atom. The number of benzene rings is 1. The minimum absolute atomic E-state index is 0.0290. The lowest BCUT2D eigenvalue weighted by Crippen LogP contribution is -2.41. The summed E-state index contributed by atoms with van der Waals surface area (Å²) in [6.45, 7) is 11.3. The third-order valence-electron chi connectivity index (χ3n) is 4.19. The molecule has 0 spiro atoms. The van der Waals surface area contributed by atoms with E-state index in [1.54, 1.807) is 0 Å². The molecule has 1 saturated heterocycles. The molecule has 1 aliphatic heterocycles. The van der Waals surface area contributed by atoms with Gasteiger partial charge in [-0.1, -0.05) is 13.0 Å². The van der Waals surface area contributed by atoms with Crippen LogP contribution in [0, 0.1) is 13.8 Å². The quantitative estimate of drug-likeness (QED) is 0.741. The monoisotopic (exact) mass is 334 g/mol. The zero-order chi connectivity index (χ0) is 17.4. The van der Waals surface area contributed by atoms with E-state index in [1.165, 1.54) is 0 Å². The van der Waals surface area contributed by atoms with Gasteiger partial charge in [-0.2, -0.15) is 0 Å². The average molecular weight is 334 g/mol. The van der Waals surface area contributed by atoms with E-state index in [1.807, 2.05) is 32.9 Å². The predicted octanol–water partition coefficient (Wildman–Crippen LogP) is 2.30. The van der Waals surface area contributed by atoms with Crippen LogP contribution in [0.2, 0.25) is 0 Å². The average Bonchev–Trinajstić information content (AvgIpc) is 2.56. The Labute approximate surface area is 145 Å². The van der Waals surface area contributed by atoms with Gasteiger partial charge in [0.15, 0.2) is 6.10 Å². The lowest BCUT2D eigenvalue weighted by Gasteiger charge is -2.26. The molecule has 0 radical (unpaired) electrons. The van der Waals surface area contributed by atoms with Crippen molar-refractivity contribution in [1.82, 2.24) is 10.2 Å². The number of morpholine rings is 1. The van der Waals surface area contributed by atoms with Gasteiger partial charge in [-0.15, -0.1) is 0 Å². The summed E-state index contributed by atoms with van der Waals surface area (Å²) < 4.78 is 11.2. The molecule has 134 valence electrons. The SMILES string of the molecule is CC[C@H](Oc1cc(C)cc(C)c1)C(=O)NCCCN1CCOCC1. The van der Waals surface area contributed by atoms with Crippen molar-refractivity contribution in [1.29, 1.82) is 0 Å². The van der Waals surface area contributed by atoms with Crippen molar-refractivity contribution in [2.45, 2.75) is 39.7 Å². The highest BCUT2D eigenvalue weighted by atomic mass is 16.5. The Morgan fingerprint density at radius 2 is 1.92 bits per heavy atom. The molecule has 0 bridgehead atoms. The van der Waals surface area contributed by atoms with Crippen LogP contribution < -0.4 is 10.1 Å². The van der Waals surface area contributed by atoms with E-state index in [2.05, 4.69) is 16.3 Å². The molecule has 1 atom stereocenters. The second-order valence-electron chi connectivity index (χ2n) is 6.44. The minimum Gasteiger partial charge on any atom is -0.481 e. The summed E-state index contributed by atoms with van der Waals surface area (Å²) in [6.07, 6.45) is 1.17. The molecule has 1 heterocycles. The van der Waals surface area contributed by atoms with Gasteiger partial charge in [-0.3, -0.25) is 9.69 Å². The number of carbonyl (C=O) groups excluding carboxylic acids is 1. The van der Waals surface area contributed by atoms with Crippen molar-refractivity contribution >= 4 is 5.91 Å². The maximum Gasteiger partial charge on any atom is 0.261 e. The van der Waals surface area contributed by atoms with Gasteiger partial charge in [0.2, 0.25) is 0 Å². The van der Waals surface area contributed by atoms with Crippen molar-refractivity contribution in [2.24, 2.45) is 0 Å². The maximum atomic E-state index is 12.3. The smallest absolute Gasteiger partial charge is 0.261 e. The molecule has 2 rings (SSSR count). The molecule has 24 heavy (non-hydrogen) atoms. The highest BCUT2D eigenvalue weighted by Crippen LogP contribution is 2.18. The number of carbonyl (C=O) groups is 1. The van der Waals surface area contributed by atoms with E-state index >= 15 is 0 Å². The second-order valence-corrected chi connectivity index (χ2v) is 6.44. The Kier molecular flexibility index (Phi) is 7.53. The summed E-state index contributed by atoms with van der Waals surface area (Å²) in [5.41, 5.74) is 2.29. The van der Waals surface area contributed by atoms with E-state index < -0.39 is 6.10 Å². The topological polar surface area (TPSA) is 50.8 Å². The van der Waals surface area contributed by atoms with E-state index in [9.17, 15) is 4.79 Å². The van der Waals surface area contributed by atoms with Crippen LogP contribution in [-0.4, -0.2) is 56.3 Å². The predicted molar refractivity (Wildman–Crippen MR) is 95.5 cm³/mol. The van der Waals surface area contributed by atoms with Crippen LogP contribution in [0.25, 0.3) is 0 Å². The molecule has 1 aromatic rings. The fourth-order valence-corrected chi connectivity index (χ4v) is 2.94. The van der Waals surface area contributed by atoms with Crippen molar-refractivity contribution in [3.63, 3.8) is 0 Å². The van der Waals surface area contributed by atoms with Gasteiger partial charge < -0.3 is 14.8 Å². The third-order valence-corrected chi connectivity index (χ3v) is 4.19. The summed E-state index contributed by atoms with van der Waals surface area (Å²) in [6, 6.07) is 6.04. The normalized spacial score (nSPS) is 16.6. The zero-order valence-corrected chi connectivity index (χ0v) is 15.1. The summed E-state index contributed by atoms with van der Waals surface area (Å²) in [5.74, 6) is 0.737. The van der Waals surface area contributed by atoms with Crippen LogP contribution in [0.4, 0.5) is 0 Å². The Morgan fingerprint density at radius 3 is 2.54 bits per heavy atom. The van der Waals surface area contributed by atoms with Crippen molar-refractivity contribution in [3.8, 4) is 5.75 Å². The largest absolute Gasteiger partial charge is 0.481 e. The number of aryl methyl sites for hydroxylation is 2. The molecule has 1 amide bonds. The van der Waals surface area contributed by atoms with E-state index in [0.29, 0.717) is 13.0 Å². The highest BCUT2D eigenvalue weighted by Gasteiger charge is 2.18. The first-order chi connectivity index (χ1) is 11.6. The number of nitrogens with one attached hydrogen (secondary N) is 1.